The summed E-state index contributed by atoms with van der Waals surface area (Å²) in [6, 6.07) is 12.7. The first-order valence-corrected chi connectivity index (χ1v) is 6.14. The largest absolute Gasteiger partial charge is 0.594 e. The van der Waals surface area contributed by atoms with Gasteiger partial charge in [0.15, 0.2) is 0 Å². The monoisotopic (exact) mass is 320 g/mol. The summed E-state index contributed by atoms with van der Waals surface area (Å²) < 4.78 is 0.870. The molecule has 5 nitrogen and oxygen atoms in total. The van der Waals surface area contributed by atoms with E-state index in [-0.39, 0.29) is 11.3 Å². The highest BCUT2D eigenvalue weighted by atomic mass is 79.9. The molecule has 0 aromatic heterocycles. The summed E-state index contributed by atoms with van der Waals surface area (Å²) in [4.78, 5) is 11.3. The number of halogens is 1. The maximum atomic E-state index is 11.9. The molecule has 0 amide bonds. The second-order valence-electron chi connectivity index (χ2n) is 3.67. The topological polar surface area (TPSA) is 75.7 Å². The Morgan fingerprint density at radius 3 is 2.42 bits per heavy atom. The Kier molecular flexibility index (Phi) is 3.91. The van der Waals surface area contributed by atoms with Crippen molar-refractivity contribution in [2.45, 2.75) is 0 Å². The summed E-state index contributed by atoms with van der Waals surface area (Å²) in [6.45, 7) is 0. The smallest absolute Gasteiger partial charge is 0.342 e. The summed E-state index contributed by atoms with van der Waals surface area (Å²) in [5.74, 6) is -1.16. The van der Waals surface area contributed by atoms with Gasteiger partial charge in [-0.05, 0) is 35.2 Å². The van der Waals surface area contributed by atoms with Crippen LogP contribution in [0, 0.1) is 5.21 Å². The van der Waals surface area contributed by atoms with Crippen molar-refractivity contribution in [3.8, 4) is 0 Å². The Morgan fingerprint density at radius 2 is 1.79 bits per heavy atom. The van der Waals surface area contributed by atoms with Gasteiger partial charge in [-0.15, -0.1) is 0 Å². The van der Waals surface area contributed by atoms with Gasteiger partial charge in [0, 0.05) is 15.7 Å². The van der Waals surface area contributed by atoms with E-state index in [2.05, 4.69) is 21.0 Å². The number of carboxylic acid groups (broad SMARTS) is 1. The molecule has 0 heterocycles. The molecular formula is C13H9BrN2O3. The van der Waals surface area contributed by atoms with Crippen LogP contribution >= 0.6 is 15.9 Å². The molecule has 0 aliphatic rings. The first kappa shape index (κ1) is 13.2. The molecule has 6 heteroatoms. The SMILES string of the molecule is O=C(O)c1ccccc1[N+]([O-])=Nc1ccc(Br)cc1. The Labute approximate surface area is 117 Å². The van der Waals surface area contributed by atoms with Crippen LogP contribution in [-0.4, -0.2) is 15.9 Å². The van der Waals surface area contributed by atoms with E-state index in [1.54, 1.807) is 36.4 Å². The number of carboxylic acids is 1. The number of para-hydroxylation sites is 1. The van der Waals surface area contributed by atoms with Crippen molar-refractivity contribution in [1.82, 2.24) is 0 Å². The second kappa shape index (κ2) is 5.62. The summed E-state index contributed by atoms with van der Waals surface area (Å²) in [7, 11) is 0. The van der Waals surface area contributed by atoms with E-state index in [9.17, 15) is 10.0 Å². The highest BCUT2D eigenvalue weighted by molar-refractivity contribution is 9.10. The Bertz CT molecular complexity index is 639. The zero-order valence-electron chi connectivity index (χ0n) is 9.65. The predicted octanol–water partition coefficient (Wildman–Crippen LogP) is 4.07. The lowest BCUT2D eigenvalue weighted by molar-refractivity contribution is -0.435. The highest BCUT2D eigenvalue weighted by Crippen LogP contribution is 2.22. The highest BCUT2D eigenvalue weighted by Gasteiger charge is 2.16. The maximum absolute atomic E-state index is 11.9. The first-order valence-electron chi connectivity index (χ1n) is 5.35. The van der Waals surface area contributed by atoms with E-state index in [4.69, 9.17) is 5.11 Å². The van der Waals surface area contributed by atoms with Crippen molar-refractivity contribution in [3.63, 3.8) is 0 Å². The number of aromatic carboxylic acids is 1. The van der Waals surface area contributed by atoms with Crippen LogP contribution in [0.1, 0.15) is 10.4 Å². The number of carbonyl (C=O) groups is 1. The lowest BCUT2D eigenvalue weighted by Crippen LogP contribution is -2.02. The molecule has 96 valence electrons. The molecule has 19 heavy (non-hydrogen) atoms. The maximum Gasteiger partial charge on any atom is 0.342 e. The molecule has 0 unspecified atom stereocenters. The van der Waals surface area contributed by atoms with Crippen molar-refractivity contribution in [3.05, 3.63) is 63.8 Å². The normalized spacial score (nSPS) is 11.3. The van der Waals surface area contributed by atoms with Gasteiger partial charge in [0.05, 0.1) is 0 Å². The number of hydrogen-bond acceptors (Lipinski definition) is 3. The van der Waals surface area contributed by atoms with Gasteiger partial charge >= 0.3 is 5.97 Å². The van der Waals surface area contributed by atoms with Crippen LogP contribution in [0.25, 0.3) is 0 Å². The third kappa shape index (κ3) is 3.17. The number of hydrogen-bond donors (Lipinski definition) is 1. The minimum absolute atomic E-state index is 0.00193. The van der Waals surface area contributed by atoms with E-state index in [0.29, 0.717) is 10.5 Å². The molecule has 0 atom stereocenters. The van der Waals surface area contributed by atoms with Gasteiger partial charge in [-0.2, -0.15) is 0 Å². The molecular weight excluding hydrogens is 312 g/mol. The molecule has 0 bridgehead atoms. The first-order chi connectivity index (χ1) is 9.08. The number of rotatable bonds is 3. The number of azo groups is 1. The van der Waals surface area contributed by atoms with Crippen molar-refractivity contribution < 1.29 is 14.8 Å². The van der Waals surface area contributed by atoms with Crippen LogP contribution in [0.3, 0.4) is 0 Å². The minimum Gasteiger partial charge on any atom is -0.594 e. The van der Waals surface area contributed by atoms with Crippen molar-refractivity contribution in [2.24, 2.45) is 5.11 Å². The summed E-state index contributed by atoms with van der Waals surface area (Å²) >= 11 is 3.28. The van der Waals surface area contributed by atoms with Gasteiger partial charge in [-0.1, -0.05) is 28.1 Å². The third-order valence-corrected chi connectivity index (χ3v) is 2.90. The molecule has 0 aliphatic carbocycles. The van der Waals surface area contributed by atoms with Gasteiger partial charge in [0.1, 0.15) is 11.3 Å². The molecule has 0 fully saturated rings. The molecule has 2 rings (SSSR count). The van der Waals surface area contributed by atoms with E-state index in [1.165, 1.54) is 12.1 Å². The molecule has 0 aliphatic heterocycles. The van der Waals surface area contributed by atoms with Crippen LogP contribution in [0.2, 0.25) is 0 Å². The van der Waals surface area contributed by atoms with Crippen LogP contribution in [0.15, 0.2) is 58.1 Å². The fourth-order valence-electron chi connectivity index (χ4n) is 1.49. The average Bonchev–Trinajstić information content (AvgIpc) is 2.41. The predicted molar refractivity (Wildman–Crippen MR) is 72.9 cm³/mol. The fourth-order valence-corrected chi connectivity index (χ4v) is 1.75. The third-order valence-electron chi connectivity index (χ3n) is 2.37. The van der Waals surface area contributed by atoms with Crippen LogP contribution in [-0.2, 0) is 0 Å². The molecule has 0 spiro atoms. The quantitative estimate of drug-likeness (QED) is 0.526. The van der Waals surface area contributed by atoms with E-state index >= 15 is 0 Å². The Hall–Kier alpha value is -2.21. The molecule has 0 saturated carbocycles. The minimum atomic E-state index is -1.16. The van der Waals surface area contributed by atoms with Crippen LogP contribution < -0.4 is 0 Å². The summed E-state index contributed by atoms with van der Waals surface area (Å²) in [5, 5.41) is 24.7. The van der Waals surface area contributed by atoms with Gasteiger partial charge in [0.25, 0.3) is 5.69 Å². The van der Waals surface area contributed by atoms with Crippen LogP contribution in [0.5, 0.6) is 0 Å². The fraction of sp³-hybridized carbons (Fsp3) is 0. The summed E-state index contributed by atoms with van der Waals surface area (Å²) in [5.41, 5.74) is 0.356. The molecule has 1 N–H and O–H groups in total. The zero-order chi connectivity index (χ0) is 13.8. The summed E-state index contributed by atoms with van der Waals surface area (Å²) in [6.07, 6.45) is 0. The van der Waals surface area contributed by atoms with Gasteiger partial charge in [0.2, 0.25) is 0 Å². The Morgan fingerprint density at radius 1 is 1.16 bits per heavy atom. The van der Waals surface area contributed by atoms with Gasteiger partial charge in [-0.25, -0.2) is 4.79 Å². The van der Waals surface area contributed by atoms with E-state index in [1.807, 2.05) is 0 Å². The Balaban J connectivity index is 2.41. The molecule has 0 radical (unpaired) electrons. The standard InChI is InChI=1S/C13H9BrN2O3/c14-9-5-7-10(8-6-9)15-16(19)12-4-2-1-3-11(12)13(17)18/h1-8H,(H,17,18). The lowest BCUT2D eigenvalue weighted by atomic mass is 10.2. The number of benzene rings is 2. The van der Waals surface area contributed by atoms with Crippen molar-refractivity contribution >= 4 is 33.3 Å². The molecule has 2 aromatic rings. The van der Waals surface area contributed by atoms with Gasteiger partial charge in [-0.3, -0.25) is 0 Å². The number of nitrogens with zero attached hydrogens (tertiary/aromatic N) is 2. The average molecular weight is 321 g/mol. The molecule has 2 aromatic carbocycles. The van der Waals surface area contributed by atoms with E-state index < -0.39 is 5.97 Å². The molecule has 0 saturated heterocycles. The van der Waals surface area contributed by atoms with Crippen molar-refractivity contribution in [1.29, 1.82) is 0 Å². The second-order valence-corrected chi connectivity index (χ2v) is 4.59. The van der Waals surface area contributed by atoms with Gasteiger partial charge < -0.3 is 10.3 Å². The zero-order valence-corrected chi connectivity index (χ0v) is 11.2. The van der Waals surface area contributed by atoms with Crippen molar-refractivity contribution in [2.75, 3.05) is 0 Å². The van der Waals surface area contributed by atoms with Crippen LogP contribution in [0.4, 0.5) is 11.4 Å². The van der Waals surface area contributed by atoms with E-state index in [0.717, 1.165) is 4.47 Å². The lowest BCUT2D eigenvalue weighted by Gasteiger charge is -2.02.